The zero-order valence-electron chi connectivity index (χ0n) is 11.1. The van der Waals surface area contributed by atoms with Crippen molar-refractivity contribution in [1.82, 2.24) is 4.98 Å². The van der Waals surface area contributed by atoms with Crippen LogP contribution in [0.1, 0.15) is 40.0 Å². The summed E-state index contributed by atoms with van der Waals surface area (Å²) < 4.78 is 0. The molecule has 0 bridgehead atoms. The van der Waals surface area contributed by atoms with Gasteiger partial charge in [0.05, 0.1) is 5.69 Å². The number of aromatic nitrogens is 1. The summed E-state index contributed by atoms with van der Waals surface area (Å²) in [7, 11) is 0. The zero-order valence-corrected chi connectivity index (χ0v) is 11.1. The van der Waals surface area contributed by atoms with Gasteiger partial charge in [0.1, 0.15) is 11.6 Å². The normalized spacial score (nSPS) is 10.8. The third kappa shape index (κ3) is 3.80. The predicted molar refractivity (Wildman–Crippen MR) is 75.1 cm³/mol. The number of anilines is 3. The summed E-state index contributed by atoms with van der Waals surface area (Å²) >= 11 is 0. The molecule has 0 saturated carbocycles. The first kappa shape index (κ1) is 13.6. The van der Waals surface area contributed by atoms with Gasteiger partial charge >= 0.3 is 0 Å². The fourth-order valence-electron chi connectivity index (χ4n) is 1.80. The monoisotopic (exact) mass is 236 g/mol. The summed E-state index contributed by atoms with van der Waals surface area (Å²) in [5.41, 5.74) is 12.0. The Morgan fingerprint density at radius 1 is 1.24 bits per heavy atom. The van der Waals surface area contributed by atoms with Crippen molar-refractivity contribution in [1.29, 1.82) is 0 Å². The van der Waals surface area contributed by atoms with Gasteiger partial charge in [-0.1, -0.05) is 19.8 Å². The maximum absolute atomic E-state index is 5.75. The van der Waals surface area contributed by atoms with Crippen LogP contribution < -0.4 is 16.4 Å². The summed E-state index contributed by atoms with van der Waals surface area (Å²) in [5.74, 6) is 1.34. The maximum atomic E-state index is 5.75. The molecule has 4 nitrogen and oxygen atoms in total. The molecule has 0 saturated heterocycles. The van der Waals surface area contributed by atoms with E-state index in [4.69, 9.17) is 11.5 Å². The Hall–Kier alpha value is -1.45. The average Bonchev–Trinajstić information content (AvgIpc) is 2.28. The molecule has 0 aromatic carbocycles. The molecule has 0 unspecified atom stereocenters. The predicted octanol–water partition coefficient (Wildman–Crippen LogP) is 2.65. The summed E-state index contributed by atoms with van der Waals surface area (Å²) in [6.45, 7) is 7.56. The molecule has 1 heterocycles. The fourth-order valence-corrected chi connectivity index (χ4v) is 1.80. The summed E-state index contributed by atoms with van der Waals surface area (Å²) in [6.07, 6.45) is 3.65. The van der Waals surface area contributed by atoms with Crippen LogP contribution in [0.4, 0.5) is 17.3 Å². The van der Waals surface area contributed by atoms with E-state index in [1.165, 1.54) is 19.3 Å². The van der Waals surface area contributed by atoms with Gasteiger partial charge in [-0.25, -0.2) is 4.98 Å². The largest absolute Gasteiger partial charge is 0.396 e. The number of pyridine rings is 1. The molecular weight excluding hydrogens is 212 g/mol. The molecule has 1 aromatic rings. The molecule has 1 rings (SSSR count). The number of rotatable bonds is 6. The Bertz CT molecular complexity index is 349. The van der Waals surface area contributed by atoms with Crippen molar-refractivity contribution in [2.45, 2.75) is 46.1 Å². The quantitative estimate of drug-likeness (QED) is 0.745. The highest BCUT2D eigenvalue weighted by Crippen LogP contribution is 2.20. The van der Waals surface area contributed by atoms with Crippen molar-refractivity contribution in [3.05, 3.63) is 12.1 Å². The number of nitrogens with zero attached hydrogens (tertiary/aromatic N) is 2. The van der Waals surface area contributed by atoms with Gasteiger partial charge in [0.15, 0.2) is 0 Å². The first-order chi connectivity index (χ1) is 8.06. The number of hydrogen-bond acceptors (Lipinski definition) is 4. The minimum absolute atomic E-state index is 0.419. The summed E-state index contributed by atoms with van der Waals surface area (Å²) in [5, 5.41) is 0. The third-order valence-electron chi connectivity index (χ3n) is 2.86. The minimum atomic E-state index is 0.419. The molecule has 0 aliphatic carbocycles. The van der Waals surface area contributed by atoms with E-state index in [2.05, 4.69) is 30.7 Å². The topological polar surface area (TPSA) is 68.2 Å². The Balaban J connectivity index is 2.78. The fraction of sp³-hybridized carbons (Fsp3) is 0.615. The molecule has 96 valence electrons. The van der Waals surface area contributed by atoms with Crippen LogP contribution in [0.2, 0.25) is 0 Å². The number of unbranched alkanes of at least 4 members (excludes halogenated alkanes) is 2. The Kier molecular flexibility index (Phi) is 5.07. The van der Waals surface area contributed by atoms with Crippen molar-refractivity contribution >= 4 is 17.3 Å². The number of hydrogen-bond donors (Lipinski definition) is 2. The van der Waals surface area contributed by atoms with E-state index in [1.807, 2.05) is 12.1 Å². The molecule has 1 aromatic heterocycles. The van der Waals surface area contributed by atoms with Crippen molar-refractivity contribution in [2.24, 2.45) is 0 Å². The molecule has 17 heavy (non-hydrogen) atoms. The van der Waals surface area contributed by atoms with Gasteiger partial charge in [-0.2, -0.15) is 0 Å². The van der Waals surface area contributed by atoms with Crippen LogP contribution >= 0.6 is 0 Å². The van der Waals surface area contributed by atoms with Crippen LogP contribution in [0.3, 0.4) is 0 Å². The smallest absolute Gasteiger partial charge is 0.149 e. The zero-order chi connectivity index (χ0) is 12.8. The molecule has 0 fully saturated rings. The minimum Gasteiger partial charge on any atom is -0.396 e. The van der Waals surface area contributed by atoms with Crippen molar-refractivity contribution in [3.63, 3.8) is 0 Å². The van der Waals surface area contributed by atoms with Gasteiger partial charge in [-0.05, 0) is 32.4 Å². The van der Waals surface area contributed by atoms with Crippen molar-refractivity contribution in [3.8, 4) is 0 Å². The molecule has 0 amide bonds. The molecule has 0 aliphatic rings. The lowest BCUT2D eigenvalue weighted by Crippen LogP contribution is -2.32. The van der Waals surface area contributed by atoms with Gasteiger partial charge in [0, 0.05) is 12.6 Å². The molecule has 0 atom stereocenters. The average molecular weight is 236 g/mol. The third-order valence-corrected chi connectivity index (χ3v) is 2.86. The first-order valence-electron chi connectivity index (χ1n) is 6.35. The van der Waals surface area contributed by atoms with Gasteiger partial charge in [0.25, 0.3) is 0 Å². The lowest BCUT2D eigenvalue weighted by molar-refractivity contribution is 0.620. The van der Waals surface area contributed by atoms with Gasteiger partial charge in [0.2, 0.25) is 0 Å². The Morgan fingerprint density at radius 3 is 2.47 bits per heavy atom. The van der Waals surface area contributed by atoms with Crippen LogP contribution in [0.25, 0.3) is 0 Å². The summed E-state index contributed by atoms with van der Waals surface area (Å²) in [4.78, 5) is 6.62. The van der Waals surface area contributed by atoms with E-state index in [9.17, 15) is 0 Å². The number of nitrogens with two attached hydrogens (primary N) is 2. The molecule has 0 radical (unpaired) electrons. The second kappa shape index (κ2) is 6.33. The van der Waals surface area contributed by atoms with Crippen molar-refractivity contribution < 1.29 is 0 Å². The van der Waals surface area contributed by atoms with Crippen LogP contribution in [-0.4, -0.2) is 17.6 Å². The van der Waals surface area contributed by atoms with E-state index in [0.717, 1.165) is 12.4 Å². The molecule has 0 spiro atoms. The first-order valence-corrected chi connectivity index (χ1v) is 6.35. The van der Waals surface area contributed by atoms with Crippen LogP contribution in [0.5, 0.6) is 0 Å². The highest BCUT2D eigenvalue weighted by Gasteiger charge is 2.12. The van der Waals surface area contributed by atoms with Crippen LogP contribution in [-0.2, 0) is 0 Å². The lowest BCUT2D eigenvalue weighted by Gasteiger charge is -2.28. The lowest BCUT2D eigenvalue weighted by atomic mass is 10.2. The van der Waals surface area contributed by atoms with E-state index in [0.29, 0.717) is 17.5 Å². The Morgan fingerprint density at radius 2 is 1.94 bits per heavy atom. The molecule has 0 aliphatic heterocycles. The van der Waals surface area contributed by atoms with Crippen LogP contribution in [0.15, 0.2) is 12.1 Å². The Labute approximate surface area is 104 Å². The highest BCUT2D eigenvalue weighted by atomic mass is 15.2. The van der Waals surface area contributed by atoms with Gasteiger partial charge in [-0.15, -0.1) is 0 Å². The molecular formula is C13H24N4. The van der Waals surface area contributed by atoms with E-state index < -0.39 is 0 Å². The van der Waals surface area contributed by atoms with E-state index >= 15 is 0 Å². The maximum Gasteiger partial charge on any atom is 0.149 e. The highest BCUT2D eigenvalue weighted by molar-refractivity contribution is 5.62. The SMILES string of the molecule is CCCCCN(c1ccc(N)c(N)n1)C(C)C. The molecule has 4 N–H and O–H groups in total. The van der Waals surface area contributed by atoms with Gasteiger partial charge < -0.3 is 16.4 Å². The van der Waals surface area contributed by atoms with Crippen molar-refractivity contribution in [2.75, 3.05) is 22.9 Å². The number of nitrogen functional groups attached to an aromatic ring is 2. The summed E-state index contributed by atoms with van der Waals surface area (Å²) in [6, 6.07) is 4.19. The van der Waals surface area contributed by atoms with Crippen LogP contribution in [0, 0.1) is 0 Å². The molecule has 4 heteroatoms. The van der Waals surface area contributed by atoms with E-state index in [-0.39, 0.29) is 0 Å². The van der Waals surface area contributed by atoms with Gasteiger partial charge in [-0.3, -0.25) is 0 Å². The second-order valence-corrected chi connectivity index (χ2v) is 4.64. The second-order valence-electron chi connectivity index (χ2n) is 4.64. The van der Waals surface area contributed by atoms with E-state index in [1.54, 1.807) is 0 Å². The standard InChI is InChI=1S/C13H24N4/c1-4-5-6-9-17(10(2)3)12-8-7-11(14)13(15)16-12/h7-8,10H,4-6,9,14H2,1-3H3,(H2,15,16).